The molecule has 2 fully saturated rings. The highest BCUT2D eigenvalue weighted by molar-refractivity contribution is 5.93. The van der Waals surface area contributed by atoms with Gasteiger partial charge in [0, 0.05) is 44.8 Å². The number of anilines is 1. The van der Waals surface area contributed by atoms with Gasteiger partial charge in [-0.15, -0.1) is 0 Å². The highest BCUT2D eigenvalue weighted by atomic mass is 16.2. The fraction of sp³-hybridized carbons (Fsp3) is 0.550. The molecule has 0 bridgehead atoms. The zero-order valence-electron chi connectivity index (χ0n) is 15.8. The summed E-state index contributed by atoms with van der Waals surface area (Å²) in [6.07, 6.45) is 2.04. The molecule has 2 heterocycles. The topological polar surface area (TPSA) is 90.5 Å². The first-order chi connectivity index (χ1) is 13.0. The van der Waals surface area contributed by atoms with Crippen molar-refractivity contribution < 1.29 is 14.4 Å². The van der Waals surface area contributed by atoms with E-state index in [4.69, 9.17) is 0 Å². The third-order valence-corrected chi connectivity index (χ3v) is 5.26. The number of aryl methyl sites for hydroxylation is 1. The van der Waals surface area contributed by atoms with Crippen molar-refractivity contribution >= 4 is 23.4 Å². The minimum Gasteiger partial charge on any atom is -0.354 e. The molecule has 2 atom stereocenters. The van der Waals surface area contributed by atoms with E-state index in [0.717, 1.165) is 24.2 Å². The Balaban J connectivity index is 1.44. The first-order valence-corrected chi connectivity index (χ1v) is 9.66. The number of hydrogen-bond acceptors (Lipinski definition) is 4. The number of nitrogens with zero attached hydrogens (tertiary/aromatic N) is 1. The normalized spacial score (nSPS) is 22.6. The summed E-state index contributed by atoms with van der Waals surface area (Å²) in [4.78, 5) is 38.3. The zero-order valence-corrected chi connectivity index (χ0v) is 15.8. The van der Waals surface area contributed by atoms with Gasteiger partial charge in [0.15, 0.2) is 0 Å². The number of rotatable bonds is 6. The number of piperidine rings is 1. The van der Waals surface area contributed by atoms with Gasteiger partial charge in [0.25, 0.3) is 0 Å². The second-order valence-electron chi connectivity index (χ2n) is 7.42. The smallest absolute Gasteiger partial charge is 0.228 e. The van der Waals surface area contributed by atoms with E-state index in [1.807, 2.05) is 31.2 Å². The van der Waals surface area contributed by atoms with Gasteiger partial charge in [0.2, 0.25) is 17.7 Å². The van der Waals surface area contributed by atoms with Gasteiger partial charge in [-0.2, -0.15) is 0 Å². The van der Waals surface area contributed by atoms with Gasteiger partial charge in [-0.1, -0.05) is 17.7 Å². The summed E-state index contributed by atoms with van der Waals surface area (Å²) in [7, 11) is 0. The molecule has 0 spiro atoms. The van der Waals surface area contributed by atoms with Crippen LogP contribution in [0.3, 0.4) is 0 Å². The number of amides is 3. The Morgan fingerprint density at radius 2 is 1.85 bits per heavy atom. The van der Waals surface area contributed by atoms with E-state index in [0.29, 0.717) is 39.0 Å². The number of carbonyl (C=O) groups excluding carboxylic acids is 3. The molecule has 27 heavy (non-hydrogen) atoms. The summed E-state index contributed by atoms with van der Waals surface area (Å²) < 4.78 is 0. The monoisotopic (exact) mass is 372 g/mol. The van der Waals surface area contributed by atoms with Gasteiger partial charge in [0.1, 0.15) is 0 Å². The van der Waals surface area contributed by atoms with Gasteiger partial charge in [-0.05, 0) is 31.9 Å². The lowest BCUT2D eigenvalue weighted by Crippen LogP contribution is -2.48. The standard InChI is InChI=1S/C20H28N4O3/c1-14-4-6-17(7-5-14)23-20(27)16-11-15(12-21-13-16)19(26)22-8-10-24-9-2-3-18(24)25/h4-7,15-16,21H,2-3,8-13H2,1H3,(H,22,26)(H,23,27)/t15-,16+/m1/s1. The van der Waals surface area contributed by atoms with Gasteiger partial charge < -0.3 is 20.9 Å². The van der Waals surface area contributed by atoms with Crippen LogP contribution in [0.5, 0.6) is 0 Å². The summed E-state index contributed by atoms with van der Waals surface area (Å²) >= 11 is 0. The number of benzene rings is 1. The van der Waals surface area contributed by atoms with Crippen molar-refractivity contribution in [1.82, 2.24) is 15.5 Å². The van der Waals surface area contributed by atoms with Crippen molar-refractivity contribution in [3.8, 4) is 0 Å². The Morgan fingerprint density at radius 1 is 1.15 bits per heavy atom. The lowest BCUT2D eigenvalue weighted by molar-refractivity contribution is -0.130. The van der Waals surface area contributed by atoms with E-state index in [1.54, 1.807) is 4.90 Å². The fourth-order valence-electron chi connectivity index (χ4n) is 3.62. The predicted molar refractivity (Wildman–Crippen MR) is 103 cm³/mol. The van der Waals surface area contributed by atoms with E-state index in [1.165, 1.54) is 0 Å². The van der Waals surface area contributed by atoms with Crippen LogP contribution in [0.2, 0.25) is 0 Å². The summed E-state index contributed by atoms with van der Waals surface area (Å²) in [5.41, 5.74) is 1.91. The van der Waals surface area contributed by atoms with Gasteiger partial charge in [-0.25, -0.2) is 0 Å². The molecule has 2 saturated heterocycles. The van der Waals surface area contributed by atoms with Crippen molar-refractivity contribution in [3.05, 3.63) is 29.8 Å². The van der Waals surface area contributed by atoms with E-state index in [-0.39, 0.29) is 29.6 Å². The maximum absolute atomic E-state index is 12.5. The molecule has 3 rings (SSSR count). The Hall–Kier alpha value is -2.41. The molecular formula is C20H28N4O3. The van der Waals surface area contributed by atoms with Crippen molar-refractivity contribution in [2.24, 2.45) is 11.8 Å². The van der Waals surface area contributed by atoms with Gasteiger partial charge in [0.05, 0.1) is 11.8 Å². The molecule has 0 unspecified atom stereocenters. The van der Waals surface area contributed by atoms with Crippen LogP contribution in [0.4, 0.5) is 5.69 Å². The summed E-state index contributed by atoms with van der Waals surface area (Å²) in [5.74, 6) is -0.428. The van der Waals surface area contributed by atoms with E-state index < -0.39 is 0 Å². The number of likely N-dealkylation sites (tertiary alicyclic amines) is 1. The highest BCUT2D eigenvalue weighted by Crippen LogP contribution is 2.19. The van der Waals surface area contributed by atoms with Gasteiger partial charge in [-0.3, -0.25) is 14.4 Å². The van der Waals surface area contributed by atoms with Gasteiger partial charge >= 0.3 is 0 Å². The SMILES string of the molecule is Cc1ccc(NC(=O)[C@@H]2CNC[C@H](C(=O)NCCN3CCCC3=O)C2)cc1. The molecule has 7 nitrogen and oxygen atoms in total. The van der Waals surface area contributed by atoms with Crippen molar-refractivity contribution in [2.45, 2.75) is 26.2 Å². The molecule has 3 N–H and O–H groups in total. The fourth-order valence-corrected chi connectivity index (χ4v) is 3.62. The van der Waals surface area contributed by atoms with Crippen LogP contribution in [0, 0.1) is 18.8 Å². The molecule has 0 aliphatic carbocycles. The molecular weight excluding hydrogens is 344 g/mol. The maximum atomic E-state index is 12.5. The summed E-state index contributed by atoms with van der Waals surface area (Å²) in [6, 6.07) is 7.67. The van der Waals surface area contributed by atoms with Crippen molar-refractivity contribution in [2.75, 3.05) is 38.0 Å². The van der Waals surface area contributed by atoms with E-state index >= 15 is 0 Å². The third-order valence-electron chi connectivity index (χ3n) is 5.26. The quantitative estimate of drug-likeness (QED) is 0.692. The summed E-state index contributed by atoms with van der Waals surface area (Å²) in [5, 5.41) is 9.03. The van der Waals surface area contributed by atoms with Crippen LogP contribution in [0.1, 0.15) is 24.8 Å². The maximum Gasteiger partial charge on any atom is 0.228 e. The Morgan fingerprint density at radius 3 is 2.52 bits per heavy atom. The number of hydrogen-bond donors (Lipinski definition) is 3. The average Bonchev–Trinajstić information content (AvgIpc) is 3.08. The Labute approximate surface area is 159 Å². The van der Waals surface area contributed by atoms with Crippen LogP contribution >= 0.6 is 0 Å². The molecule has 1 aromatic carbocycles. The molecule has 1 aromatic rings. The van der Waals surface area contributed by atoms with Crippen molar-refractivity contribution in [1.29, 1.82) is 0 Å². The van der Waals surface area contributed by atoms with Crippen LogP contribution in [-0.2, 0) is 14.4 Å². The molecule has 2 aliphatic rings. The van der Waals surface area contributed by atoms with Crippen molar-refractivity contribution in [3.63, 3.8) is 0 Å². The van der Waals surface area contributed by atoms with Crippen LogP contribution in [0.25, 0.3) is 0 Å². The Kier molecular flexibility index (Phi) is 6.45. The van der Waals surface area contributed by atoms with Crippen LogP contribution in [-0.4, -0.2) is 55.3 Å². The van der Waals surface area contributed by atoms with Crippen LogP contribution in [0.15, 0.2) is 24.3 Å². The molecule has 0 radical (unpaired) electrons. The number of carbonyl (C=O) groups is 3. The summed E-state index contributed by atoms with van der Waals surface area (Å²) in [6.45, 7) is 4.94. The molecule has 0 aromatic heterocycles. The minimum atomic E-state index is -0.240. The highest BCUT2D eigenvalue weighted by Gasteiger charge is 2.31. The minimum absolute atomic E-state index is 0.0537. The molecule has 0 saturated carbocycles. The van der Waals surface area contributed by atoms with Crippen LogP contribution < -0.4 is 16.0 Å². The Bertz CT molecular complexity index is 689. The first kappa shape index (κ1) is 19.4. The molecule has 7 heteroatoms. The second-order valence-corrected chi connectivity index (χ2v) is 7.42. The average molecular weight is 372 g/mol. The largest absolute Gasteiger partial charge is 0.354 e. The zero-order chi connectivity index (χ0) is 19.2. The lowest BCUT2D eigenvalue weighted by atomic mass is 9.89. The number of nitrogens with one attached hydrogen (secondary N) is 3. The van der Waals surface area contributed by atoms with E-state index in [2.05, 4.69) is 16.0 Å². The first-order valence-electron chi connectivity index (χ1n) is 9.66. The second kappa shape index (κ2) is 8.99. The van der Waals surface area contributed by atoms with E-state index in [9.17, 15) is 14.4 Å². The molecule has 2 aliphatic heterocycles. The third kappa shape index (κ3) is 5.29. The molecule has 146 valence electrons. The predicted octanol–water partition coefficient (Wildman–Crippen LogP) is 0.898. The molecule has 3 amide bonds. The lowest BCUT2D eigenvalue weighted by Gasteiger charge is -2.28.